The third-order valence-corrected chi connectivity index (χ3v) is 6.16. The van der Waals surface area contributed by atoms with Gasteiger partial charge in [0, 0.05) is 53.6 Å². The lowest BCUT2D eigenvalue weighted by Crippen LogP contribution is -2.24. The number of hydrogen-bond donors (Lipinski definition) is 2. The Balaban J connectivity index is 1.41. The van der Waals surface area contributed by atoms with Gasteiger partial charge in [-0.05, 0) is 31.2 Å². The minimum absolute atomic E-state index is 0.0263. The maximum absolute atomic E-state index is 15.1. The maximum Gasteiger partial charge on any atom is 0.261 e. The Morgan fingerprint density at radius 3 is 2.44 bits per heavy atom. The zero-order chi connectivity index (χ0) is 29.3. The molecule has 0 unspecified atom stereocenters. The van der Waals surface area contributed by atoms with E-state index < -0.39 is 28.8 Å². The number of nitrogens with zero attached hydrogens (tertiary/aromatic N) is 2. The van der Waals surface area contributed by atoms with Gasteiger partial charge in [0.25, 0.3) is 11.8 Å². The Labute approximate surface area is 230 Å². The molecule has 12 heteroatoms. The van der Waals surface area contributed by atoms with Crippen LogP contribution in [0.3, 0.4) is 0 Å². The van der Waals surface area contributed by atoms with Gasteiger partial charge in [-0.15, -0.1) is 0 Å². The number of aromatic nitrogens is 3. The predicted molar refractivity (Wildman–Crippen MR) is 144 cm³/mol. The Hall–Kier alpha value is -5.39. The van der Waals surface area contributed by atoms with Crippen molar-refractivity contribution in [2.75, 3.05) is 19.5 Å². The fraction of sp³-hybridized carbons (Fsp3) is 0.103. The first-order valence-corrected chi connectivity index (χ1v) is 12.0. The van der Waals surface area contributed by atoms with Gasteiger partial charge >= 0.3 is 0 Å². The van der Waals surface area contributed by atoms with Crippen LogP contribution in [0.1, 0.15) is 16.1 Å². The molecule has 0 spiro atoms. The zero-order valence-electron chi connectivity index (χ0n) is 21.8. The number of nitrogens with one attached hydrogen (secondary N) is 2. The molecule has 5 rings (SSSR count). The lowest BCUT2D eigenvalue weighted by atomic mass is 10.0. The van der Waals surface area contributed by atoms with Gasteiger partial charge in [-0.3, -0.25) is 14.6 Å². The summed E-state index contributed by atoms with van der Waals surface area (Å²) in [6.07, 6.45) is 2.62. The van der Waals surface area contributed by atoms with Crippen molar-refractivity contribution in [1.82, 2.24) is 15.0 Å². The molecule has 0 aliphatic rings. The van der Waals surface area contributed by atoms with Crippen LogP contribution < -0.4 is 25.0 Å². The van der Waals surface area contributed by atoms with E-state index in [0.29, 0.717) is 22.8 Å². The van der Waals surface area contributed by atoms with Gasteiger partial charge < -0.3 is 24.5 Å². The van der Waals surface area contributed by atoms with Crippen LogP contribution in [-0.2, 0) is 0 Å². The second-order valence-electron chi connectivity index (χ2n) is 8.73. The lowest BCUT2D eigenvalue weighted by Gasteiger charge is -2.13. The average Bonchev–Trinajstić information content (AvgIpc) is 2.94. The molecule has 0 aliphatic carbocycles. The van der Waals surface area contributed by atoms with Crippen LogP contribution in [0.4, 0.5) is 18.9 Å². The number of pyridine rings is 3. The highest BCUT2D eigenvalue weighted by atomic mass is 19.1. The largest absolute Gasteiger partial charge is 0.491 e. The fourth-order valence-electron chi connectivity index (χ4n) is 4.17. The summed E-state index contributed by atoms with van der Waals surface area (Å²) >= 11 is 0. The van der Waals surface area contributed by atoms with Crippen molar-refractivity contribution in [3.05, 3.63) is 99.9 Å². The van der Waals surface area contributed by atoms with E-state index in [0.717, 1.165) is 24.4 Å². The molecule has 0 bridgehead atoms. The van der Waals surface area contributed by atoms with Gasteiger partial charge in [0.05, 0.1) is 25.3 Å². The first kappa shape index (κ1) is 27.2. The third-order valence-electron chi connectivity index (χ3n) is 6.16. The third kappa shape index (κ3) is 5.26. The molecule has 41 heavy (non-hydrogen) atoms. The highest BCUT2D eigenvalue weighted by molar-refractivity contribution is 6.04. The molecule has 1 amide bonds. The molecule has 3 aromatic heterocycles. The zero-order valence-corrected chi connectivity index (χ0v) is 21.8. The molecule has 0 saturated heterocycles. The highest BCUT2D eigenvalue weighted by Crippen LogP contribution is 2.35. The summed E-state index contributed by atoms with van der Waals surface area (Å²) < 4.78 is 59.1. The van der Waals surface area contributed by atoms with Crippen molar-refractivity contribution < 1.29 is 32.2 Å². The number of fused-ring (bicyclic) bond motifs is 1. The molecule has 0 aliphatic heterocycles. The number of amides is 1. The number of anilines is 1. The van der Waals surface area contributed by atoms with Crippen LogP contribution in [0.15, 0.2) is 65.7 Å². The van der Waals surface area contributed by atoms with Crippen molar-refractivity contribution in [1.29, 1.82) is 0 Å². The number of methoxy groups -OCH3 is 2. The standard InChI is InChI=1S/C29H21F3N4O5/c1-14-25(17-6-4-15(30)10-19(17)31)27(37)18(13-34-14)28(38)35-16-5-7-22(20(32)11-16)41-23-8-9-33-21-12-24(39-2)29(40-3)36-26(21)23/h4-13H,1-3H3,(H,34,37)(H,35,38). The number of ether oxygens (including phenoxy) is 3. The predicted octanol–water partition coefficient (Wildman–Crippen LogP) is 5.77. The Bertz CT molecular complexity index is 1880. The molecule has 0 radical (unpaired) electrons. The maximum atomic E-state index is 15.1. The van der Waals surface area contributed by atoms with Gasteiger partial charge in [0.15, 0.2) is 23.1 Å². The quantitative estimate of drug-likeness (QED) is 0.259. The number of carbonyl (C=O) groups is 1. The average molecular weight is 563 g/mol. The van der Waals surface area contributed by atoms with Crippen molar-refractivity contribution in [3.8, 4) is 34.3 Å². The minimum atomic E-state index is -0.955. The molecule has 2 aromatic carbocycles. The van der Waals surface area contributed by atoms with Gasteiger partial charge in [-0.25, -0.2) is 18.2 Å². The lowest BCUT2D eigenvalue weighted by molar-refractivity contribution is 0.102. The first-order valence-electron chi connectivity index (χ1n) is 12.0. The number of rotatable bonds is 7. The number of H-pyrrole nitrogens is 1. The van der Waals surface area contributed by atoms with E-state index in [1.807, 2.05) is 0 Å². The molecule has 0 saturated carbocycles. The van der Waals surface area contributed by atoms with Crippen molar-refractivity contribution in [2.45, 2.75) is 6.92 Å². The van der Waals surface area contributed by atoms with Crippen molar-refractivity contribution in [2.24, 2.45) is 0 Å². The molecular weight excluding hydrogens is 541 g/mol. The second-order valence-corrected chi connectivity index (χ2v) is 8.73. The summed E-state index contributed by atoms with van der Waals surface area (Å²) in [7, 11) is 2.88. The van der Waals surface area contributed by atoms with E-state index in [2.05, 4.69) is 20.3 Å². The SMILES string of the molecule is COc1cc2nccc(Oc3ccc(NC(=O)c4c[nH]c(C)c(-c5ccc(F)cc5F)c4=O)cc3F)c2nc1OC. The van der Waals surface area contributed by atoms with E-state index in [1.54, 1.807) is 6.07 Å². The normalized spacial score (nSPS) is 10.9. The number of halogens is 3. The van der Waals surface area contributed by atoms with E-state index in [9.17, 15) is 18.4 Å². The number of aryl methyl sites for hydroxylation is 1. The monoisotopic (exact) mass is 562 g/mol. The van der Waals surface area contributed by atoms with Crippen LogP contribution >= 0.6 is 0 Å². The van der Waals surface area contributed by atoms with E-state index in [-0.39, 0.29) is 45.5 Å². The fourth-order valence-corrected chi connectivity index (χ4v) is 4.17. The molecule has 2 N–H and O–H groups in total. The van der Waals surface area contributed by atoms with E-state index in [1.165, 1.54) is 45.5 Å². The Morgan fingerprint density at radius 2 is 1.73 bits per heavy atom. The van der Waals surface area contributed by atoms with Crippen LogP contribution in [0.5, 0.6) is 23.1 Å². The summed E-state index contributed by atoms with van der Waals surface area (Å²) in [5.41, 5.74) is -0.402. The van der Waals surface area contributed by atoms with Crippen LogP contribution in [0.2, 0.25) is 0 Å². The number of hydrogen-bond acceptors (Lipinski definition) is 7. The smallest absolute Gasteiger partial charge is 0.261 e. The molecule has 5 aromatic rings. The van der Waals surface area contributed by atoms with Gasteiger partial charge in [0.1, 0.15) is 22.7 Å². The number of aromatic amines is 1. The summed E-state index contributed by atoms with van der Waals surface area (Å²) in [6.45, 7) is 1.52. The van der Waals surface area contributed by atoms with Crippen LogP contribution in [0, 0.1) is 24.4 Å². The number of benzene rings is 2. The molecule has 9 nitrogen and oxygen atoms in total. The summed E-state index contributed by atoms with van der Waals surface area (Å²) in [5, 5.41) is 2.45. The topological polar surface area (TPSA) is 115 Å². The molecule has 0 fully saturated rings. The Kier molecular flexibility index (Phi) is 7.30. The van der Waals surface area contributed by atoms with E-state index >= 15 is 4.39 Å². The Morgan fingerprint density at radius 1 is 0.927 bits per heavy atom. The summed E-state index contributed by atoms with van der Waals surface area (Å²) in [6, 6.07) is 9.55. The van der Waals surface area contributed by atoms with Crippen molar-refractivity contribution in [3.63, 3.8) is 0 Å². The number of carbonyl (C=O) groups excluding carboxylic acids is 1. The summed E-state index contributed by atoms with van der Waals surface area (Å²) in [5.74, 6) is -2.88. The molecule has 208 valence electrons. The highest BCUT2D eigenvalue weighted by Gasteiger charge is 2.20. The van der Waals surface area contributed by atoms with Gasteiger partial charge in [-0.1, -0.05) is 0 Å². The molecular formula is C29H21F3N4O5. The minimum Gasteiger partial charge on any atom is -0.491 e. The molecule has 3 heterocycles. The van der Waals surface area contributed by atoms with Crippen LogP contribution in [0.25, 0.3) is 22.2 Å². The van der Waals surface area contributed by atoms with Crippen molar-refractivity contribution >= 4 is 22.6 Å². The van der Waals surface area contributed by atoms with E-state index in [4.69, 9.17) is 14.2 Å². The van der Waals surface area contributed by atoms with Gasteiger partial charge in [-0.2, -0.15) is 0 Å². The van der Waals surface area contributed by atoms with Gasteiger partial charge in [0.2, 0.25) is 5.43 Å². The molecule has 0 atom stereocenters. The van der Waals surface area contributed by atoms with Crippen LogP contribution in [-0.4, -0.2) is 35.1 Å². The first-order chi connectivity index (χ1) is 19.7. The second kappa shape index (κ2) is 11.0. The summed E-state index contributed by atoms with van der Waals surface area (Å²) in [4.78, 5) is 37.4.